The van der Waals surface area contributed by atoms with E-state index in [4.69, 9.17) is 5.73 Å². The number of carbonyl (C=O) groups excluding carboxylic acids is 2. The quantitative estimate of drug-likeness (QED) is 0.677. The predicted molar refractivity (Wildman–Crippen MR) is 126 cm³/mol. The first-order valence-corrected chi connectivity index (χ1v) is 11.2. The largest absolute Gasteiger partial charge is 0.370 e. The Morgan fingerprint density at radius 2 is 1.74 bits per heavy atom. The molecule has 1 saturated heterocycles. The fourth-order valence-corrected chi connectivity index (χ4v) is 4.11. The van der Waals surface area contributed by atoms with Crippen LogP contribution in [0, 0.1) is 5.92 Å². The monoisotopic (exact) mass is 422 g/mol. The molecule has 1 aliphatic heterocycles. The van der Waals surface area contributed by atoms with E-state index in [0.29, 0.717) is 11.6 Å². The summed E-state index contributed by atoms with van der Waals surface area (Å²) in [7, 11) is 0. The van der Waals surface area contributed by atoms with Crippen LogP contribution in [-0.4, -0.2) is 42.4 Å². The fraction of sp³-hybridized carbons (Fsp3) is 0.440. The van der Waals surface area contributed by atoms with Gasteiger partial charge in [0.25, 0.3) is 5.91 Å². The summed E-state index contributed by atoms with van der Waals surface area (Å²) in [6, 6.07) is 16.1. The minimum Gasteiger partial charge on any atom is -0.370 e. The number of hydrogen-bond donors (Lipinski definition) is 2. The molecule has 0 spiro atoms. The van der Waals surface area contributed by atoms with Crippen molar-refractivity contribution in [3.8, 4) is 0 Å². The van der Waals surface area contributed by atoms with E-state index in [0.717, 1.165) is 50.4 Å². The van der Waals surface area contributed by atoms with Crippen LogP contribution in [-0.2, 0) is 11.3 Å². The van der Waals surface area contributed by atoms with Gasteiger partial charge in [0.1, 0.15) is 0 Å². The van der Waals surface area contributed by atoms with Crippen molar-refractivity contribution in [3.63, 3.8) is 0 Å². The summed E-state index contributed by atoms with van der Waals surface area (Å²) in [4.78, 5) is 28.9. The summed E-state index contributed by atoms with van der Waals surface area (Å²) < 4.78 is 0. The lowest BCUT2D eigenvalue weighted by Crippen LogP contribution is -2.38. The SMILES string of the molecule is CCN(Cc1ccc(C(=O)Nc2ccccc2N2CCC(C(N)=O)CC2)cc1)C(C)C. The van der Waals surface area contributed by atoms with Crippen molar-refractivity contribution in [1.82, 2.24) is 4.90 Å². The van der Waals surface area contributed by atoms with Gasteiger partial charge in [-0.05, 0) is 63.1 Å². The smallest absolute Gasteiger partial charge is 0.255 e. The number of para-hydroxylation sites is 2. The average Bonchev–Trinajstić information content (AvgIpc) is 2.78. The van der Waals surface area contributed by atoms with Gasteiger partial charge >= 0.3 is 0 Å². The number of amides is 2. The van der Waals surface area contributed by atoms with Crippen LogP contribution in [0.2, 0.25) is 0 Å². The second-order valence-electron chi connectivity index (χ2n) is 8.49. The second-order valence-corrected chi connectivity index (χ2v) is 8.49. The Hall–Kier alpha value is -2.86. The summed E-state index contributed by atoms with van der Waals surface area (Å²) >= 11 is 0. The highest BCUT2D eigenvalue weighted by molar-refractivity contribution is 6.06. The topological polar surface area (TPSA) is 78.7 Å². The molecule has 1 aliphatic rings. The molecule has 0 bridgehead atoms. The van der Waals surface area contributed by atoms with Gasteiger partial charge in [0.05, 0.1) is 11.4 Å². The van der Waals surface area contributed by atoms with Crippen molar-refractivity contribution in [3.05, 3.63) is 59.7 Å². The average molecular weight is 423 g/mol. The molecule has 3 N–H and O–H groups in total. The zero-order chi connectivity index (χ0) is 22.4. The van der Waals surface area contributed by atoms with Gasteiger partial charge in [-0.1, -0.05) is 31.2 Å². The Morgan fingerprint density at radius 1 is 1.10 bits per heavy atom. The number of benzene rings is 2. The number of nitrogens with two attached hydrogens (primary N) is 1. The maximum atomic E-state index is 12.9. The van der Waals surface area contributed by atoms with E-state index < -0.39 is 0 Å². The summed E-state index contributed by atoms with van der Waals surface area (Å²) in [5, 5.41) is 3.07. The van der Waals surface area contributed by atoms with E-state index in [9.17, 15) is 9.59 Å². The molecule has 0 unspecified atom stereocenters. The molecule has 1 heterocycles. The summed E-state index contributed by atoms with van der Waals surface area (Å²) in [5.41, 5.74) is 9.05. The standard InChI is InChI=1S/C25H34N4O2/c1-4-28(18(2)3)17-19-9-11-21(12-10-19)25(31)27-22-7-5-6-8-23(22)29-15-13-20(14-16-29)24(26)30/h5-12,18,20H,4,13-17H2,1-3H3,(H2,26,30)(H,27,31). The predicted octanol–water partition coefficient (Wildman–Crippen LogP) is 3.87. The van der Waals surface area contributed by atoms with Crippen molar-refractivity contribution >= 4 is 23.2 Å². The van der Waals surface area contributed by atoms with Gasteiger partial charge in [0.2, 0.25) is 5.91 Å². The van der Waals surface area contributed by atoms with Gasteiger partial charge in [-0.25, -0.2) is 0 Å². The Morgan fingerprint density at radius 3 is 2.32 bits per heavy atom. The number of anilines is 2. The molecule has 0 aliphatic carbocycles. The number of rotatable bonds is 8. The maximum Gasteiger partial charge on any atom is 0.255 e. The van der Waals surface area contributed by atoms with Gasteiger partial charge in [0, 0.05) is 37.2 Å². The van der Waals surface area contributed by atoms with Crippen molar-refractivity contribution in [1.29, 1.82) is 0 Å². The Labute approximate surface area is 185 Å². The molecule has 6 nitrogen and oxygen atoms in total. The maximum absolute atomic E-state index is 12.9. The van der Waals surface area contributed by atoms with E-state index in [1.54, 1.807) is 0 Å². The lowest BCUT2D eigenvalue weighted by Gasteiger charge is -2.33. The van der Waals surface area contributed by atoms with Crippen LogP contribution in [0.1, 0.15) is 49.5 Å². The highest BCUT2D eigenvalue weighted by atomic mass is 16.2. The highest BCUT2D eigenvalue weighted by Crippen LogP contribution is 2.30. The van der Waals surface area contributed by atoms with Crippen molar-refractivity contribution in [2.75, 3.05) is 29.9 Å². The van der Waals surface area contributed by atoms with Gasteiger partial charge in [-0.3, -0.25) is 14.5 Å². The molecular formula is C25H34N4O2. The molecule has 6 heteroatoms. The van der Waals surface area contributed by atoms with E-state index in [1.807, 2.05) is 48.5 Å². The first kappa shape index (κ1) is 22.8. The minimum absolute atomic E-state index is 0.0594. The lowest BCUT2D eigenvalue weighted by atomic mass is 9.96. The Balaban J connectivity index is 1.67. The molecule has 166 valence electrons. The van der Waals surface area contributed by atoms with Crippen LogP contribution in [0.5, 0.6) is 0 Å². The molecular weight excluding hydrogens is 388 g/mol. The molecule has 2 aromatic rings. The van der Waals surface area contributed by atoms with Crippen molar-refractivity contribution < 1.29 is 9.59 Å². The molecule has 1 fully saturated rings. The van der Waals surface area contributed by atoms with Crippen LogP contribution < -0.4 is 16.0 Å². The number of nitrogens with one attached hydrogen (secondary N) is 1. The molecule has 0 saturated carbocycles. The number of nitrogens with zero attached hydrogens (tertiary/aromatic N) is 2. The van der Waals surface area contributed by atoms with Crippen LogP contribution in [0.3, 0.4) is 0 Å². The molecule has 0 aromatic heterocycles. The number of piperidine rings is 1. The Bertz CT molecular complexity index is 887. The zero-order valence-corrected chi connectivity index (χ0v) is 18.8. The van der Waals surface area contributed by atoms with Crippen molar-refractivity contribution in [2.24, 2.45) is 11.7 Å². The van der Waals surface area contributed by atoms with Crippen molar-refractivity contribution in [2.45, 2.75) is 46.2 Å². The highest BCUT2D eigenvalue weighted by Gasteiger charge is 2.24. The number of carbonyl (C=O) groups is 2. The van der Waals surface area contributed by atoms with E-state index in [2.05, 4.69) is 35.9 Å². The number of hydrogen-bond acceptors (Lipinski definition) is 4. The first-order valence-electron chi connectivity index (χ1n) is 11.2. The fourth-order valence-electron chi connectivity index (χ4n) is 4.11. The molecule has 3 rings (SSSR count). The first-order chi connectivity index (χ1) is 14.9. The molecule has 0 radical (unpaired) electrons. The zero-order valence-electron chi connectivity index (χ0n) is 18.8. The van der Waals surface area contributed by atoms with Crippen LogP contribution in [0.15, 0.2) is 48.5 Å². The van der Waals surface area contributed by atoms with Gasteiger partial charge < -0.3 is 16.0 Å². The molecule has 31 heavy (non-hydrogen) atoms. The normalized spacial score (nSPS) is 14.8. The molecule has 0 atom stereocenters. The molecule has 2 amide bonds. The van der Waals surface area contributed by atoms with E-state index in [-0.39, 0.29) is 17.7 Å². The minimum atomic E-state index is -0.222. The van der Waals surface area contributed by atoms with Gasteiger partial charge in [0.15, 0.2) is 0 Å². The number of primary amides is 1. The van der Waals surface area contributed by atoms with Gasteiger partial charge in [-0.15, -0.1) is 0 Å². The third kappa shape index (κ3) is 5.85. The lowest BCUT2D eigenvalue weighted by molar-refractivity contribution is -0.122. The second kappa shape index (κ2) is 10.4. The van der Waals surface area contributed by atoms with Crippen LogP contribution in [0.25, 0.3) is 0 Å². The summed E-state index contributed by atoms with van der Waals surface area (Å²) in [6.07, 6.45) is 1.48. The third-order valence-electron chi connectivity index (χ3n) is 6.13. The van der Waals surface area contributed by atoms with E-state index in [1.165, 1.54) is 5.56 Å². The Kier molecular flexibility index (Phi) is 7.69. The molecule has 2 aromatic carbocycles. The van der Waals surface area contributed by atoms with Crippen LogP contribution in [0.4, 0.5) is 11.4 Å². The summed E-state index contributed by atoms with van der Waals surface area (Å²) in [6.45, 7) is 9.92. The van der Waals surface area contributed by atoms with Gasteiger partial charge in [-0.2, -0.15) is 0 Å². The summed E-state index contributed by atoms with van der Waals surface area (Å²) in [5.74, 6) is -0.404. The van der Waals surface area contributed by atoms with E-state index >= 15 is 0 Å². The van der Waals surface area contributed by atoms with Crippen LogP contribution >= 0.6 is 0 Å². The third-order valence-corrected chi connectivity index (χ3v) is 6.13.